The molecule has 3 rings (SSSR count). The van der Waals surface area contributed by atoms with E-state index in [1.54, 1.807) is 0 Å². The Morgan fingerprint density at radius 1 is 1.19 bits per heavy atom. The molecule has 0 aliphatic carbocycles. The molecule has 1 aliphatic rings. The molecular weight excluding hydrogens is 262 g/mol. The molecule has 108 valence electrons. The van der Waals surface area contributed by atoms with Crippen LogP contribution in [0.15, 0.2) is 48.5 Å². The van der Waals surface area contributed by atoms with Crippen LogP contribution in [0.3, 0.4) is 0 Å². The van der Waals surface area contributed by atoms with Gasteiger partial charge in [0.25, 0.3) is 5.91 Å². The SMILES string of the molecule is Cc1cccc(C(=O)N2CCOc3ccccc3C2C)c1. The Kier molecular flexibility index (Phi) is 3.65. The van der Waals surface area contributed by atoms with Crippen molar-refractivity contribution in [3.63, 3.8) is 0 Å². The minimum Gasteiger partial charge on any atom is -0.491 e. The molecule has 1 atom stereocenters. The van der Waals surface area contributed by atoms with Gasteiger partial charge in [0.15, 0.2) is 0 Å². The third-order valence-electron chi connectivity index (χ3n) is 3.95. The van der Waals surface area contributed by atoms with E-state index < -0.39 is 0 Å². The number of ether oxygens (including phenoxy) is 1. The third kappa shape index (κ3) is 2.64. The number of amides is 1. The van der Waals surface area contributed by atoms with Gasteiger partial charge in [-0.15, -0.1) is 0 Å². The van der Waals surface area contributed by atoms with E-state index in [0.29, 0.717) is 13.2 Å². The molecule has 0 saturated carbocycles. The standard InChI is InChI=1S/C18H19NO2/c1-13-6-5-7-15(12-13)18(20)19-10-11-21-17-9-4-3-8-16(17)14(19)2/h3-9,12,14H,10-11H2,1-2H3. The predicted octanol–water partition coefficient (Wildman–Crippen LogP) is 3.59. The van der Waals surface area contributed by atoms with E-state index in [1.165, 1.54) is 0 Å². The zero-order chi connectivity index (χ0) is 14.8. The van der Waals surface area contributed by atoms with Crippen molar-refractivity contribution < 1.29 is 9.53 Å². The van der Waals surface area contributed by atoms with E-state index in [4.69, 9.17) is 4.74 Å². The number of hydrogen-bond donors (Lipinski definition) is 0. The summed E-state index contributed by atoms with van der Waals surface area (Å²) in [6, 6.07) is 15.7. The van der Waals surface area contributed by atoms with Crippen molar-refractivity contribution in [2.75, 3.05) is 13.2 Å². The first-order chi connectivity index (χ1) is 10.2. The van der Waals surface area contributed by atoms with Gasteiger partial charge in [-0.2, -0.15) is 0 Å². The smallest absolute Gasteiger partial charge is 0.254 e. The number of para-hydroxylation sites is 1. The molecule has 0 saturated heterocycles. The molecule has 1 amide bonds. The predicted molar refractivity (Wildman–Crippen MR) is 82.6 cm³/mol. The molecule has 21 heavy (non-hydrogen) atoms. The highest BCUT2D eigenvalue weighted by molar-refractivity contribution is 5.94. The lowest BCUT2D eigenvalue weighted by Crippen LogP contribution is -2.35. The maximum atomic E-state index is 12.8. The number of hydrogen-bond acceptors (Lipinski definition) is 2. The highest BCUT2D eigenvalue weighted by atomic mass is 16.5. The first-order valence-electron chi connectivity index (χ1n) is 7.26. The molecule has 0 bridgehead atoms. The summed E-state index contributed by atoms with van der Waals surface area (Å²) in [5.74, 6) is 0.941. The second-order valence-electron chi connectivity index (χ2n) is 5.43. The molecule has 1 heterocycles. The Morgan fingerprint density at radius 2 is 2.00 bits per heavy atom. The second-order valence-corrected chi connectivity index (χ2v) is 5.43. The number of benzene rings is 2. The van der Waals surface area contributed by atoms with Crippen molar-refractivity contribution in [1.82, 2.24) is 4.90 Å². The minimum absolute atomic E-state index is 0.0108. The van der Waals surface area contributed by atoms with E-state index in [-0.39, 0.29) is 11.9 Å². The van der Waals surface area contributed by atoms with Crippen molar-refractivity contribution in [1.29, 1.82) is 0 Å². The summed E-state index contributed by atoms with van der Waals surface area (Å²) in [4.78, 5) is 14.7. The van der Waals surface area contributed by atoms with Gasteiger partial charge in [0.1, 0.15) is 12.4 Å². The topological polar surface area (TPSA) is 29.5 Å². The van der Waals surface area contributed by atoms with Crippen molar-refractivity contribution >= 4 is 5.91 Å². The van der Waals surface area contributed by atoms with Gasteiger partial charge in [-0.25, -0.2) is 0 Å². The molecule has 0 radical (unpaired) electrons. The van der Waals surface area contributed by atoms with Crippen LogP contribution < -0.4 is 4.74 Å². The molecule has 2 aromatic carbocycles. The summed E-state index contributed by atoms with van der Waals surface area (Å²) in [7, 11) is 0. The van der Waals surface area contributed by atoms with Gasteiger partial charge >= 0.3 is 0 Å². The summed E-state index contributed by atoms with van der Waals surface area (Å²) >= 11 is 0. The van der Waals surface area contributed by atoms with Crippen LogP contribution in [0.1, 0.15) is 34.5 Å². The highest BCUT2D eigenvalue weighted by Crippen LogP contribution is 2.32. The number of fused-ring (bicyclic) bond motifs is 1. The summed E-state index contributed by atoms with van der Waals surface area (Å²) in [6.45, 7) is 5.18. The molecule has 1 unspecified atom stereocenters. The molecule has 0 spiro atoms. The average molecular weight is 281 g/mol. The Bertz CT molecular complexity index is 666. The molecule has 0 aromatic heterocycles. The first-order valence-corrected chi connectivity index (χ1v) is 7.26. The van der Waals surface area contributed by atoms with Crippen molar-refractivity contribution in [2.45, 2.75) is 19.9 Å². The number of carbonyl (C=O) groups is 1. The molecule has 2 aromatic rings. The van der Waals surface area contributed by atoms with Gasteiger partial charge in [0, 0.05) is 11.1 Å². The van der Waals surface area contributed by atoms with Gasteiger partial charge in [-0.05, 0) is 32.0 Å². The van der Waals surface area contributed by atoms with Crippen molar-refractivity contribution in [3.8, 4) is 5.75 Å². The Hall–Kier alpha value is -2.29. The minimum atomic E-state index is 0.0108. The Labute approximate surface area is 125 Å². The van der Waals surface area contributed by atoms with Crippen LogP contribution in [0.25, 0.3) is 0 Å². The van der Waals surface area contributed by atoms with E-state index in [9.17, 15) is 4.79 Å². The first kappa shape index (κ1) is 13.7. The fourth-order valence-corrected chi connectivity index (χ4v) is 2.79. The quantitative estimate of drug-likeness (QED) is 0.799. The van der Waals surface area contributed by atoms with E-state index in [0.717, 1.165) is 22.4 Å². The molecule has 1 aliphatic heterocycles. The lowest BCUT2D eigenvalue weighted by Gasteiger charge is -2.27. The summed E-state index contributed by atoms with van der Waals surface area (Å²) in [6.07, 6.45) is 0. The van der Waals surface area contributed by atoms with Crippen LogP contribution in [0.5, 0.6) is 5.75 Å². The van der Waals surface area contributed by atoms with E-state index >= 15 is 0 Å². The number of nitrogens with zero attached hydrogens (tertiary/aromatic N) is 1. The third-order valence-corrected chi connectivity index (χ3v) is 3.95. The molecule has 0 N–H and O–H groups in total. The van der Waals surface area contributed by atoms with Crippen LogP contribution in [-0.4, -0.2) is 24.0 Å². The van der Waals surface area contributed by atoms with Crippen LogP contribution in [0.4, 0.5) is 0 Å². The van der Waals surface area contributed by atoms with Crippen LogP contribution >= 0.6 is 0 Å². The number of rotatable bonds is 1. The van der Waals surface area contributed by atoms with Gasteiger partial charge in [0.05, 0.1) is 12.6 Å². The van der Waals surface area contributed by atoms with Gasteiger partial charge in [-0.1, -0.05) is 35.9 Å². The van der Waals surface area contributed by atoms with Crippen LogP contribution in [0, 0.1) is 6.92 Å². The van der Waals surface area contributed by atoms with Crippen molar-refractivity contribution in [3.05, 3.63) is 65.2 Å². The summed E-state index contributed by atoms with van der Waals surface area (Å²) < 4.78 is 5.76. The fourth-order valence-electron chi connectivity index (χ4n) is 2.79. The number of carbonyl (C=O) groups excluding carboxylic acids is 1. The zero-order valence-electron chi connectivity index (χ0n) is 12.4. The summed E-state index contributed by atoms with van der Waals surface area (Å²) in [5.41, 5.74) is 2.90. The maximum absolute atomic E-state index is 12.8. The largest absolute Gasteiger partial charge is 0.491 e. The van der Waals surface area contributed by atoms with E-state index in [2.05, 4.69) is 6.92 Å². The number of aryl methyl sites for hydroxylation is 1. The molecule has 3 nitrogen and oxygen atoms in total. The van der Waals surface area contributed by atoms with Gasteiger partial charge < -0.3 is 9.64 Å². The highest BCUT2D eigenvalue weighted by Gasteiger charge is 2.27. The fraction of sp³-hybridized carbons (Fsp3) is 0.278. The van der Waals surface area contributed by atoms with Gasteiger partial charge in [-0.3, -0.25) is 4.79 Å². The molecule has 3 heteroatoms. The molecule has 0 fully saturated rings. The normalized spacial score (nSPS) is 17.6. The van der Waals surface area contributed by atoms with Gasteiger partial charge in [0.2, 0.25) is 0 Å². The second kappa shape index (κ2) is 5.60. The Balaban J connectivity index is 1.94. The van der Waals surface area contributed by atoms with E-state index in [1.807, 2.05) is 60.4 Å². The summed E-state index contributed by atoms with van der Waals surface area (Å²) in [5, 5.41) is 0. The van der Waals surface area contributed by atoms with Crippen LogP contribution in [0.2, 0.25) is 0 Å². The van der Waals surface area contributed by atoms with Crippen LogP contribution in [-0.2, 0) is 0 Å². The monoisotopic (exact) mass is 281 g/mol. The Morgan fingerprint density at radius 3 is 2.81 bits per heavy atom. The molecular formula is C18H19NO2. The lowest BCUT2D eigenvalue weighted by atomic mass is 10.0. The van der Waals surface area contributed by atoms with Crippen molar-refractivity contribution in [2.24, 2.45) is 0 Å². The maximum Gasteiger partial charge on any atom is 0.254 e. The average Bonchev–Trinajstić information content (AvgIpc) is 2.66. The lowest BCUT2D eigenvalue weighted by molar-refractivity contribution is 0.0682. The zero-order valence-corrected chi connectivity index (χ0v) is 12.4.